The molecule has 0 saturated heterocycles. The summed E-state index contributed by atoms with van der Waals surface area (Å²) in [5, 5.41) is 8.87. The number of nitrogens with zero attached hydrogens (tertiary/aromatic N) is 2. The maximum absolute atomic E-state index is 14.3. The number of rotatable bonds is 5. The van der Waals surface area contributed by atoms with E-state index in [1.54, 1.807) is 12.1 Å². The molecule has 96 valence electrons. The minimum atomic E-state index is -0.317. The van der Waals surface area contributed by atoms with Gasteiger partial charge in [0.1, 0.15) is 6.07 Å². The van der Waals surface area contributed by atoms with Gasteiger partial charge in [-0.3, -0.25) is 0 Å². The van der Waals surface area contributed by atoms with Crippen LogP contribution in [0.5, 0.6) is 0 Å². The van der Waals surface area contributed by atoms with Gasteiger partial charge in [-0.15, -0.1) is 0 Å². The summed E-state index contributed by atoms with van der Waals surface area (Å²) in [5.74, 6) is 0.397. The molecule has 0 N–H and O–H groups in total. The number of benzene rings is 1. The Balaban J connectivity index is 2.28. The van der Waals surface area contributed by atoms with Crippen molar-refractivity contribution in [3.8, 4) is 6.07 Å². The molecule has 0 bridgehead atoms. The quantitative estimate of drug-likeness (QED) is 0.819. The Morgan fingerprint density at radius 2 is 2.22 bits per heavy atom. The van der Waals surface area contributed by atoms with E-state index >= 15 is 0 Å². The zero-order valence-corrected chi connectivity index (χ0v) is 12.0. The highest BCUT2D eigenvalue weighted by atomic mass is 79.9. The van der Waals surface area contributed by atoms with Gasteiger partial charge in [-0.25, -0.2) is 4.39 Å². The second-order valence-corrected chi connectivity index (χ2v) is 5.55. The highest BCUT2D eigenvalue weighted by molar-refractivity contribution is 9.10. The fraction of sp³-hybridized carbons (Fsp3) is 0.500. The summed E-state index contributed by atoms with van der Waals surface area (Å²) in [6.07, 6.45) is 3.49. The van der Waals surface area contributed by atoms with Gasteiger partial charge in [0.05, 0.1) is 15.7 Å². The molecule has 1 aliphatic carbocycles. The van der Waals surface area contributed by atoms with E-state index in [9.17, 15) is 4.39 Å². The van der Waals surface area contributed by atoms with Crippen LogP contribution in [0.15, 0.2) is 16.6 Å². The number of nitriles is 1. The number of anilines is 1. The predicted molar refractivity (Wildman–Crippen MR) is 74.0 cm³/mol. The van der Waals surface area contributed by atoms with Crippen LogP contribution >= 0.6 is 15.9 Å². The van der Waals surface area contributed by atoms with Crippen molar-refractivity contribution in [3.63, 3.8) is 0 Å². The fourth-order valence-electron chi connectivity index (χ4n) is 2.06. The third kappa shape index (κ3) is 2.84. The Kier molecular flexibility index (Phi) is 4.23. The van der Waals surface area contributed by atoms with Gasteiger partial charge in [0.2, 0.25) is 0 Å². The third-order valence-electron chi connectivity index (χ3n) is 3.19. The topological polar surface area (TPSA) is 27.0 Å². The van der Waals surface area contributed by atoms with E-state index in [-0.39, 0.29) is 10.3 Å². The molecule has 2 rings (SSSR count). The molecule has 18 heavy (non-hydrogen) atoms. The van der Waals surface area contributed by atoms with Gasteiger partial charge in [0.15, 0.2) is 5.82 Å². The van der Waals surface area contributed by atoms with Crippen LogP contribution in [0.3, 0.4) is 0 Å². The second kappa shape index (κ2) is 5.71. The summed E-state index contributed by atoms with van der Waals surface area (Å²) in [7, 11) is 0. The molecule has 0 aliphatic heterocycles. The fourth-order valence-corrected chi connectivity index (χ4v) is 2.49. The van der Waals surface area contributed by atoms with E-state index in [0.29, 0.717) is 17.2 Å². The smallest absolute Gasteiger partial charge is 0.161 e. The molecule has 0 atom stereocenters. The van der Waals surface area contributed by atoms with Gasteiger partial charge in [-0.1, -0.05) is 6.92 Å². The molecule has 0 heterocycles. The zero-order chi connectivity index (χ0) is 13.1. The Bertz CT molecular complexity index is 477. The van der Waals surface area contributed by atoms with E-state index < -0.39 is 0 Å². The number of halogens is 2. The van der Waals surface area contributed by atoms with Gasteiger partial charge >= 0.3 is 0 Å². The summed E-state index contributed by atoms with van der Waals surface area (Å²) >= 11 is 3.17. The first-order valence-electron chi connectivity index (χ1n) is 6.30. The molecule has 2 nitrogen and oxygen atoms in total. The Labute approximate surface area is 116 Å². The van der Waals surface area contributed by atoms with E-state index in [0.717, 1.165) is 19.5 Å². The molecular weight excluding hydrogens is 295 g/mol. The maximum atomic E-state index is 14.3. The van der Waals surface area contributed by atoms with Crippen molar-refractivity contribution in [3.05, 3.63) is 28.0 Å². The summed E-state index contributed by atoms with van der Waals surface area (Å²) < 4.78 is 14.5. The van der Waals surface area contributed by atoms with Gasteiger partial charge in [-0.05, 0) is 53.2 Å². The molecule has 0 radical (unpaired) electrons. The minimum absolute atomic E-state index is 0.277. The normalized spacial score (nSPS) is 14.3. The first-order valence-corrected chi connectivity index (χ1v) is 7.09. The molecule has 0 spiro atoms. The van der Waals surface area contributed by atoms with Crippen LogP contribution in [0.1, 0.15) is 31.7 Å². The highest BCUT2D eigenvalue weighted by Gasteiger charge is 2.26. The van der Waals surface area contributed by atoms with Crippen molar-refractivity contribution >= 4 is 21.6 Å². The Morgan fingerprint density at radius 1 is 1.50 bits per heavy atom. The highest BCUT2D eigenvalue weighted by Crippen LogP contribution is 2.34. The lowest BCUT2D eigenvalue weighted by Crippen LogP contribution is -2.27. The first kappa shape index (κ1) is 13.4. The molecule has 0 amide bonds. The van der Waals surface area contributed by atoms with Crippen molar-refractivity contribution in [2.75, 3.05) is 18.0 Å². The van der Waals surface area contributed by atoms with E-state index in [1.165, 1.54) is 12.8 Å². The maximum Gasteiger partial charge on any atom is 0.161 e. The summed E-state index contributed by atoms with van der Waals surface area (Å²) in [6, 6.07) is 5.38. The lowest BCUT2D eigenvalue weighted by atomic mass is 10.2. The van der Waals surface area contributed by atoms with Crippen LogP contribution in [0, 0.1) is 23.1 Å². The van der Waals surface area contributed by atoms with Gasteiger partial charge in [0.25, 0.3) is 0 Å². The predicted octanol–water partition coefficient (Wildman–Crippen LogP) is 4.09. The van der Waals surface area contributed by atoms with Gasteiger partial charge in [0, 0.05) is 13.1 Å². The second-order valence-electron chi connectivity index (χ2n) is 4.76. The summed E-state index contributed by atoms with van der Waals surface area (Å²) in [6.45, 7) is 3.87. The van der Waals surface area contributed by atoms with Crippen molar-refractivity contribution in [2.24, 2.45) is 5.92 Å². The van der Waals surface area contributed by atoms with E-state index in [2.05, 4.69) is 27.8 Å². The molecule has 1 aromatic rings. The molecule has 1 fully saturated rings. The van der Waals surface area contributed by atoms with Crippen molar-refractivity contribution in [1.82, 2.24) is 0 Å². The van der Waals surface area contributed by atoms with Crippen LogP contribution in [-0.4, -0.2) is 13.1 Å². The number of hydrogen-bond donors (Lipinski definition) is 0. The Hall–Kier alpha value is -1.08. The number of hydrogen-bond acceptors (Lipinski definition) is 2. The monoisotopic (exact) mass is 310 g/mol. The molecule has 1 aromatic carbocycles. The molecule has 0 unspecified atom stereocenters. The van der Waals surface area contributed by atoms with Crippen LogP contribution < -0.4 is 4.90 Å². The van der Waals surface area contributed by atoms with Crippen LogP contribution in [0.4, 0.5) is 10.1 Å². The zero-order valence-electron chi connectivity index (χ0n) is 10.4. The Morgan fingerprint density at radius 3 is 2.78 bits per heavy atom. The average molecular weight is 311 g/mol. The summed E-state index contributed by atoms with van der Waals surface area (Å²) in [4.78, 5) is 2.10. The third-order valence-corrected chi connectivity index (χ3v) is 3.97. The summed E-state index contributed by atoms with van der Waals surface area (Å²) in [5.41, 5.74) is 0.953. The SMILES string of the molecule is CCCN(CC1CC1)c1ccc(C#N)c(Br)c1F. The van der Waals surface area contributed by atoms with Crippen molar-refractivity contribution in [1.29, 1.82) is 5.26 Å². The lowest BCUT2D eigenvalue weighted by molar-refractivity contribution is 0.602. The van der Waals surface area contributed by atoms with Crippen LogP contribution in [-0.2, 0) is 0 Å². The van der Waals surface area contributed by atoms with Crippen LogP contribution in [0.2, 0.25) is 0 Å². The molecule has 1 aliphatic rings. The molecule has 1 saturated carbocycles. The largest absolute Gasteiger partial charge is 0.369 e. The van der Waals surface area contributed by atoms with Crippen molar-refractivity contribution < 1.29 is 4.39 Å². The van der Waals surface area contributed by atoms with Crippen LogP contribution in [0.25, 0.3) is 0 Å². The van der Waals surface area contributed by atoms with Crippen molar-refractivity contribution in [2.45, 2.75) is 26.2 Å². The minimum Gasteiger partial charge on any atom is -0.369 e. The standard InChI is InChI=1S/C14H16BrFN2/c1-2-7-18(9-10-3-4-10)12-6-5-11(8-17)13(15)14(12)16/h5-6,10H,2-4,7,9H2,1H3. The van der Waals surface area contributed by atoms with Gasteiger partial charge in [-0.2, -0.15) is 5.26 Å². The lowest BCUT2D eigenvalue weighted by Gasteiger charge is -2.25. The van der Waals surface area contributed by atoms with E-state index in [4.69, 9.17) is 5.26 Å². The first-order chi connectivity index (χ1) is 8.67. The van der Waals surface area contributed by atoms with E-state index in [1.807, 2.05) is 6.07 Å². The molecular formula is C14H16BrFN2. The molecule has 4 heteroatoms. The average Bonchev–Trinajstić information content (AvgIpc) is 3.16. The van der Waals surface area contributed by atoms with Gasteiger partial charge < -0.3 is 4.90 Å². The molecule has 0 aromatic heterocycles.